The Morgan fingerprint density at radius 1 is 0.939 bits per heavy atom. The van der Waals surface area contributed by atoms with Crippen molar-refractivity contribution in [3.05, 3.63) is 122 Å². The van der Waals surface area contributed by atoms with Crippen molar-refractivity contribution in [1.82, 2.24) is 4.90 Å². The van der Waals surface area contributed by atoms with Crippen LogP contribution in [0.4, 0.5) is 5.69 Å². The highest BCUT2D eigenvalue weighted by molar-refractivity contribution is 5.86. The lowest BCUT2D eigenvalue weighted by molar-refractivity contribution is -0.384. The number of nitrogens with zero attached hydrogens (tertiary/aromatic N) is 2. The van der Waals surface area contributed by atoms with Crippen molar-refractivity contribution in [2.75, 3.05) is 0 Å². The first-order chi connectivity index (χ1) is 15.8. The lowest BCUT2D eigenvalue weighted by Gasteiger charge is -2.24. The SMILES string of the molecule is CC(=O)N(Cc1ccccc1)/C(=C\C=C\c1ccc(C)c(C)c1C)c1ccc([N+](=O)[O-])cc1. The van der Waals surface area contributed by atoms with Crippen LogP contribution < -0.4 is 0 Å². The van der Waals surface area contributed by atoms with Gasteiger partial charge < -0.3 is 4.90 Å². The number of allylic oxidation sites excluding steroid dienone is 2. The minimum atomic E-state index is -0.428. The van der Waals surface area contributed by atoms with Gasteiger partial charge in [-0.15, -0.1) is 0 Å². The summed E-state index contributed by atoms with van der Waals surface area (Å²) in [5.74, 6) is -0.112. The average Bonchev–Trinajstić information content (AvgIpc) is 2.81. The number of hydrogen-bond donors (Lipinski definition) is 0. The molecule has 0 aliphatic heterocycles. The van der Waals surface area contributed by atoms with Crippen molar-refractivity contribution in [1.29, 1.82) is 0 Å². The summed E-state index contributed by atoms with van der Waals surface area (Å²) >= 11 is 0. The third-order valence-electron chi connectivity index (χ3n) is 5.86. The first kappa shape index (κ1) is 23.7. The topological polar surface area (TPSA) is 63.5 Å². The monoisotopic (exact) mass is 440 g/mol. The van der Waals surface area contributed by atoms with Crippen molar-refractivity contribution in [2.24, 2.45) is 0 Å². The molecular formula is C28H28N2O3. The number of benzene rings is 3. The van der Waals surface area contributed by atoms with Gasteiger partial charge in [0.25, 0.3) is 5.69 Å². The molecule has 0 saturated heterocycles. The van der Waals surface area contributed by atoms with Gasteiger partial charge in [-0.05, 0) is 72.4 Å². The normalized spacial score (nSPS) is 11.6. The van der Waals surface area contributed by atoms with Gasteiger partial charge in [-0.3, -0.25) is 14.9 Å². The lowest BCUT2D eigenvalue weighted by Crippen LogP contribution is -2.26. The number of nitro benzene ring substituents is 1. The number of hydrogen-bond acceptors (Lipinski definition) is 3. The van der Waals surface area contributed by atoms with Crippen molar-refractivity contribution in [2.45, 2.75) is 34.2 Å². The van der Waals surface area contributed by atoms with Gasteiger partial charge in [-0.25, -0.2) is 0 Å². The molecule has 0 bridgehead atoms. The van der Waals surface area contributed by atoms with Gasteiger partial charge in [-0.1, -0.05) is 54.6 Å². The molecule has 3 aromatic carbocycles. The fourth-order valence-corrected chi connectivity index (χ4v) is 3.63. The van der Waals surface area contributed by atoms with Crippen LogP contribution in [0.25, 0.3) is 11.8 Å². The summed E-state index contributed by atoms with van der Waals surface area (Å²) in [6.07, 6.45) is 5.84. The zero-order chi connectivity index (χ0) is 24.0. The quantitative estimate of drug-likeness (QED) is 0.235. The van der Waals surface area contributed by atoms with Gasteiger partial charge in [0.05, 0.1) is 17.2 Å². The van der Waals surface area contributed by atoms with E-state index in [9.17, 15) is 14.9 Å². The number of nitro groups is 1. The smallest absolute Gasteiger partial charge is 0.269 e. The van der Waals surface area contributed by atoms with Crippen LogP contribution in [0.1, 0.15) is 40.3 Å². The van der Waals surface area contributed by atoms with Crippen LogP contribution in [-0.4, -0.2) is 15.7 Å². The molecule has 5 heteroatoms. The summed E-state index contributed by atoms with van der Waals surface area (Å²) in [5.41, 5.74) is 7.24. The Kier molecular flexibility index (Phi) is 7.57. The van der Waals surface area contributed by atoms with Gasteiger partial charge in [0.2, 0.25) is 5.91 Å². The largest absolute Gasteiger partial charge is 0.308 e. The Labute approximate surface area is 194 Å². The minimum absolute atomic E-state index is 0.0110. The number of carbonyl (C=O) groups excluding carboxylic acids is 1. The van der Waals surface area contributed by atoms with Crippen molar-refractivity contribution < 1.29 is 9.72 Å². The Morgan fingerprint density at radius 2 is 1.61 bits per heavy atom. The molecule has 5 nitrogen and oxygen atoms in total. The molecule has 0 aliphatic carbocycles. The Bertz CT molecular complexity index is 1210. The number of non-ortho nitro benzene ring substituents is 1. The first-order valence-electron chi connectivity index (χ1n) is 10.8. The Hall–Kier alpha value is -3.99. The second-order valence-electron chi connectivity index (χ2n) is 8.03. The highest BCUT2D eigenvalue weighted by Crippen LogP contribution is 2.25. The molecule has 0 saturated carbocycles. The fraction of sp³-hybridized carbons (Fsp3) is 0.179. The van der Waals surface area contributed by atoms with Crippen LogP contribution in [0.2, 0.25) is 0 Å². The molecule has 0 atom stereocenters. The maximum Gasteiger partial charge on any atom is 0.269 e. The molecule has 0 spiro atoms. The highest BCUT2D eigenvalue weighted by atomic mass is 16.6. The van der Waals surface area contributed by atoms with Crippen LogP contribution in [0.3, 0.4) is 0 Å². The zero-order valence-corrected chi connectivity index (χ0v) is 19.4. The molecule has 168 valence electrons. The molecule has 0 heterocycles. The third-order valence-corrected chi connectivity index (χ3v) is 5.86. The lowest BCUT2D eigenvalue weighted by atomic mass is 9.98. The molecular weight excluding hydrogens is 412 g/mol. The zero-order valence-electron chi connectivity index (χ0n) is 19.4. The van der Waals surface area contributed by atoms with Crippen molar-refractivity contribution in [3.63, 3.8) is 0 Å². The molecule has 0 aromatic heterocycles. The molecule has 1 amide bonds. The van der Waals surface area contributed by atoms with Gasteiger partial charge >= 0.3 is 0 Å². The first-order valence-corrected chi connectivity index (χ1v) is 10.8. The standard InChI is InChI=1S/C28H28N2O3/c1-20-13-14-25(22(3)21(20)2)11-8-12-28(26-15-17-27(18-16-26)30(32)33)29(23(4)31)19-24-9-6-5-7-10-24/h5-18H,19H2,1-4H3/b11-8+,28-12-. The Balaban J connectivity index is 2.04. The van der Waals surface area contributed by atoms with Crippen LogP contribution in [-0.2, 0) is 11.3 Å². The van der Waals surface area contributed by atoms with Crippen LogP contribution in [0.5, 0.6) is 0 Å². The van der Waals surface area contributed by atoms with Crippen LogP contribution >= 0.6 is 0 Å². The highest BCUT2D eigenvalue weighted by Gasteiger charge is 2.17. The number of rotatable bonds is 7. The minimum Gasteiger partial charge on any atom is -0.308 e. The van der Waals surface area contributed by atoms with Gasteiger partial charge in [0.15, 0.2) is 0 Å². The van der Waals surface area contributed by atoms with Gasteiger partial charge in [-0.2, -0.15) is 0 Å². The maximum absolute atomic E-state index is 12.7. The predicted octanol–water partition coefficient (Wildman–Crippen LogP) is 6.62. The summed E-state index contributed by atoms with van der Waals surface area (Å²) in [4.78, 5) is 25.0. The molecule has 33 heavy (non-hydrogen) atoms. The van der Waals surface area contributed by atoms with E-state index in [1.54, 1.807) is 17.0 Å². The molecule has 0 aliphatic rings. The van der Waals surface area contributed by atoms with Crippen LogP contribution in [0.15, 0.2) is 78.9 Å². The van der Waals surface area contributed by atoms with E-state index in [-0.39, 0.29) is 11.6 Å². The second kappa shape index (κ2) is 10.6. The Morgan fingerprint density at radius 3 is 2.21 bits per heavy atom. The number of carbonyl (C=O) groups is 1. The van der Waals surface area contributed by atoms with Gasteiger partial charge in [0, 0.05) is 19.1 Å². The van der Waals surface area contributed by atoms with Crippen LogP contribution in [0, 0.1) is 30.9 Å². The van der Waals surface area contributed by atoms with E-state index >= 15 is 0 Å². The van der Waals surface area contributed by atoms with Crippen molar-refractivity contribution >= 4 is 23.4 Å². The second-order valence-corrected chi connectivity index (χ2v) is 8.03. The van der Waals surface area contributed by atoms with Crippen molar-refractivity contribution in [3.8, 4) is 0 Å². The third kappa shape index (κ3) is 5.83. The van der Waals surface area contributed by atoms with E-state index in [4.69, 9.17) is 0 Å². The molecule has 0 fully saturated rings. The number of amides is 1. The molecule has 0 radical (unpaired) electrons. The fourth-order valence-electron chi connectivity index (χ4n) is 3.63. The summed E-state index contributed by atoms with van der Waals surface area (Å²) in [5, 5.41) is 11.1. The molecule has 3 rings (SSSR count). The molecule has 0 unspecified atom stereocenters. The molecule has 0 N–H and O–H groups in total. The molecule has 3 aromatic rings. The van der Waals surface area contributed by atoms with E-state index in [2.05, 4.69) is 32.9 Å². The summed E-state index contributed by atoms with van der Waals surface area (Å²) in [6.45, 7) is 8.23. The average molecular weight is 441 g/mol. The van der Waals surface area contributed by atoms with Gasteiger partial charge in [0.1, 0.15) is 0 Å². The summed E-state index contributed by atoms with van der Waals surface area (Å²) < 4.78 is 0. The maximum atomic E-state index is 12.7. The van der Waals surface area contributed by atoms with E-state index in [0.29, 0.717) is 12.2 Å². The van der Waals surface area contributed by atoms with E-state index in [1.165, 1.54) is 35.7 Å². The number of aryl methyl sites for hydroxylation is 1. The van der Waals surface area contributed by atoms with E-state index < -0.39 is 4.92 Å². The summed E-state index contributed by atoms with van der Waals surface area (Å²) in [7, 11) is 0. The summed E-state index contributed by atoms with van der Waals surface area (Å²) in [6, 6.07) is 20.2. The predicted molar refractivity (Wildman–Crippen MR) is 133 cm³/mol. The van der Waals surface area contributed by atoms with E-state index in [1.807, 2.05) is 48.6 Å². The van der Waals surface area contributed by atoms with E-state index in [0.717, 1.165) is 16.7 Å².